The van der Waals surface area contributed by atoms with Crippen LogP contribution in [-0.2, 0) is 0 Å². The number of hydrogen-bond donors (Lipinski definition) is 0. The average Bonchev–Trinajstić information content (AvgIpc) is 2.26. The maximum atomic E-state index is 6.28. The second kappa shape index (κ2) is 4.11. The molecule has 0 atom stereocenters. The average molecular weight is 256 g/mol. The topological polar surface area (TPSA) is 22.1 Å². The molecule has 0 radical (unpaired) electrons. The highest BCUT2D eigenvalue weighted by Crippen LogP contribution is 2.35. The van der Waals surface area contributed by atoms with Crippen LogP contribution in [0.5, 0.6) is 5.75 Å². The van der Waals surface area contributed by atoms with Crippen molar-refractivity contribution in [3.8, 4) is 5.75 Å². The summed E-state index contributed by atoms with van der Waals surface area (Å²) in [5, 5.41) is 2.11. The van der Waals surface area contributed by atoms with Crippen molar-refractivity contribution in [3.05, 3.63) is 33.4 Å². The Morgan fingerprint density at radius 1 is 1.19 bits per heavy atom. The van der Waals surface area contributed by atoms with Crippen LogP contribution in [0.25, 0.3) is 10.9 Å². The molecular formula is C12H11Cl2NO. The molecule has 84 valence electrons. The number of rotatable bonds is 1. The highest BCUT2D eigenvalue weighted by molar-refractivity contribution is 6.37. The Bertz CT molecular complexity index is 567. The fourth-order valence-corrected chi connectivity index (χ4v) is 2.11. The Hall–Kier alpha value is -0.990. The van der Waals surface area contributed by atoms with Gasteiger partial charge in [-0.1, -0.05) is 23.2 Å². The van der Waals surface area contributed by atoms with Crippen LogP contribution in [-0.4, -0.2) is 12.1 Å². The van der Waals surface area contributed by atoms with Crippen molar-refractivity contribution >= 4 is 34.1 Å². The lowest BCUT2D eigenvalue weighted by Gasteiger charge is -2.10. The van der Waals surface area contributed by atoms with Gasteiger partial charge in [0.05, 0.1) is 12.1 Å². The van der Waals surface area contributed by atoms with Gasteiger partial charge in [-0.05, 0) is 25.5 Å². The lowest BCUT2D eigenvalue weighted by molar-refractivity contribution is 0.419. The van der Waals surface area contributed by atoms with E-state index in [-0.39, 0.29) is 0 Å². The van der Waals surface area contributed by atoms with Crippen LogP contribution in [0, 0.1) is 13.8 Å². The molecule has 2 nitrogen and oxygen atoms in total. The van der Waals surface area contributed by atoms with E-state index in [0.29, 0.717) is 15.8 Å². The minimum absolute atomic E-state index is 0.594. The van der Waals surface area contributed by atoms with Gasteiger partial charge in [0.25, 0.3) is 0 Å². The van der Waals surface area contributed by atoms with Crippen molar-refractivity contribution < 1.29 is 4.74 Å². The van der Waals surface area contributed by atoms with E-state index in [0.717, 1.165) is 22.2 Å². The summed E-state index contributed by atoms with van der Waals surface area (Å²) < 4.78 is 5.25. The van der Waals surface area contributed by atoms with Gasteiger partial charge in [-0.15, -0.1) is 0 Å². The fraction of sp³-hybridized carbons (Fsp3) is 0.250. The predicted octanol–water partition coefficient (Wildman–Crippen LogP) is 4.17. The first-order chi connectivity index (χ1) is 7.54. The lowest BCUT2D eigenvalue weighted by atomic mass is 10.1. The second-order valence-electron chi connectivity index (χ2n) is 3.64. The molecule has 0 aliphatic rings. The highest BCUT2D eigenvalue weighted by Gasteiger charge is 2.12. The molecule has 0 amide bonds. The molecule has 0 fully saturated rings. The van der Waals surface area contributed by atoms with Gasteiger partial charge in [0.1, 0.15) is 11.3 Å². The summed E-state index contributed by atoms with van der Waals surface area (Å²) >= 11 is 12.3. The first-order valence-corrected chi connectivity index (χ1v) is 5.60. The molecule has 0 N–H and O–H groups in total. The molecule has 2 rings (SSSR count). The zero-order valence-corrected chi connectivity index (χ0v) is 10.8. The summed E-state index contributed by atoms with van der Waals surface area (Å²) in [7, 11) is 1.59. The van der Waals surface area contributed by atoms with E-state index in [2.05, 4.69) is 4.98 Å². The molecule has 1 aromatic carbocycles. The minimum atomic E-state index is 0.594. The van der Waals surface area contributed by atoms with Crippen molar-refractivity contribution in [2.24, 2.45) is 0 Å². The van der Waals surface area contributed by atoms with E-state index in [1.165, 1.54) is 0 Å². The van der Waals surface area contributed by atoms with Crippen LogP contribution in [0.3, 0.4) is 0 Å². The summed E-state index contributed by atoms with van der Waals surface area (Å²) in [6.07, 6.45) is 0. The van der Waals surface area contributed by atoms with E-state index in [4.69, 9.17) is 27.9 Å². The summed E-state index contributed by atoms with van der Waals surface area (Å²) in [4.78, 5) is 4.48. The Morgan fingerprint density at radius 3 is 2.50 bits per heavy atom. The van der Waals surface area contributed by atoms with Gasteiger partial charge < -0.3 is 4.74 Å². The number of pyridine rings is 1. The fourth-order valence-electron chi connectivity index (χ4n) is 1.62. The van der Waals surface area contributed by atoms with Crippen LogP contribution in [0.15, 0.2) is 12.1 Å². The number of benzene rings is 1. The summed E-state index contributed by atoms with van der Waals surface area (Å²) in [6.45, 7) is 3.87. The van der Waals surface area contributed by atoms with Crippen molar-refractivity contribution in [2.75, 3.05) is 7.11 Å². The molecular weight excluding hydrogens is 245 g/mol. The van der Waals surface area contributed by atoms with Crippen LogP contribution in [0.4, 0.5) is 0 Å². The smallest absolute Gasteiger partial charge is 0.146 e. The summed E-state index contributed by atoms with van der Waals surface area (Å²) in [6, 6.07) is 3.54. The van der Waals surface area contributed by atoms with Gasteiger partial charge in [0.15, 0.2) is 0 Å². The number of aromatic nitrogens is 1. The largest absolute Gasteiger partial charge is 0.494 e. The monoisotopic (exact) mass is 255 g/mol. The number of hydrogen-bond acceptors (Lipinski definition) is 2. The Kier molecular flexibility index (Phi) is 2.96. The summed E-state index contributed by atoms with van der Waals surface area (Å²) in [5.74, 6) is 0.646. The number of methoxy groups -OCH3 is 1. The van der Waals surface area contributed by atoms with E-state index in [9.17, 15) is 0 Å². The number of fused-ring (bicyclic) bond motifs is 1. The van der Waals surface area contributed by atoms with E-state index >= 15 is 0 Å². The number of aryl methyl sites for hydroxylation is 1. The van der Waals surface area contributed by atoms with Gasteiger partial charge in [0, 0.05) is 22.2 Å². The molecule has 0 unspecified atom stereocenters. The Labute approximate surface area is 104 Å². The van der Waals surface area contributed by atoms with Crippen molar-refractivity contribution in [1.29, 1.82) is 0 Å². The standard InChI is InChI=1S/C12H11Cl2NO/c1-6-7(2)15-12-9(11(6)14)4-8(13)5-10(12)16-3/h4-5H,1-3H3. The van der Waals surface area contributed by atoms with Crippen LogP contribution < -0.4 is 4.74 Å². The molecule has 4 heteroatoms. The zero-order valence-electron chi connectivity index (χ0n) is 9.27. The zero-order chi connectivity index (χ0) is 11.9. The van der Waals surface area contributed by atoms with E-state index < -0.39 is 0 Å². The molecule has 16 heavy (non-hydrogen) atoms. The second-order valence-corrected chi connectivity index (χ2v) is 4.45. The Morgan fingerprint density at radius 2 is 1.88 bits per heavy atom. The number of halogens is 2. The van der Waals surface area contributed by atoms with Gasteiger partial charge in [0.2, 0.25) is 0 Å². The number of ether oxygens (including phenoxy) is 1. The maximum absolute atomic E-state index is 6.28. The predicted molar refractivity (Wildman–Crippen MR) is 67.8 cm³/mol. The Balaban J connectivity index is 2.94. The molecule has 0 saturated carbocycles. The SMILES string of the molecule is COc1cc(Cl)cc2c(Cl)c(C)c(C)nc12. The third kappa shape index (κ3) is 1.72. The molecule has 1 heterocycles. The van der Waals surface area contributed by atoms with Gasteiger partial charge in [-0.2, -0.15) is 0 Å². The first kappa shape index (κ1) is 11.5. The molecule has 0 aliphatic heterocycles. The van der Waals surface area contributed by atoms with Crippen molar-refractivity contribution in [3.63, 3.8) is 0 Å². The maximum Gasteiger partial charge on any atom is 0.146 e. The van der Waals surface area contributed by atoms with Crippen molar-refractivity contribution in [1.82, 2.24) is 4.98 Å². The normalized spacial score (nSPS) is 10.8. The minimum Gasteiger partial charge on any atom is -0.494 e. The molecule has 2 aromatic rings. The molecule has 0 saturated heterocycles. The molecule has 0 spiro atoms. The van der Waals surface area contributed by atoms with Gasteiger partial charge in [-0.3, -0.25) is 0 Å². The highest BCUT2D eigenvalue weighted by atomic mass is 35.5. The third-order valence-corrected chi connectivity index (χ3v) is 3.35. The molecule has 0 aliphatic carbocycles. The molecule has 0 bridgehead atoms. The quantitative estimate of drug-likeness (QED) is 0.764. The molecule has 1 aromatic heterocycles. The first-order valence-electron chi connectivity index (χ1n) is 4.84. The van der Waals surface area contributed by atoms with Crippen LogP contribution >= 0.6 is 23.2 Å². The summed E-state index contributed by atoms with van der Waals surface area (Å²) in [5.41, 5.74) is 2.62. The third-order valence-electron chi connectivity index (χ3n) is 2.65. The number of nitrogens with zero attached hydrogens (tertiary/aromatic N) is 1. The van der Waals surface area contributed by atoms with Crippen LogP contribution in [0.1, 0.15) is 11.3 Å². The van der Waals surface area contributed by atoms with Crippen LogP contribution in [0.2, 0.25) is 10.0 Å². The van der Waals surface area contributed by atoms with E-state index in [1.54, 1.807) is 19.2 Å². The van der Waals surface area contributed by atoms with E-state index in [1.807, 2.05) is 13.8 Å². The van der Waals surface area contributed by atoms with Crippen molar-refractivity contribution in [2.45, 2.75) is 13.8 Å². The van der Waals surface area contributed by atoms with Gasteiger partial charge in [-0.25, -0.2) is 4.98 Å². The lowest BCUT2D eigenvalue weighted by Crippen LogP contribution is -1.94. The van der Waals surface area contributed by atoms with Gasteiger partial charge >= 0.3 is 0 Å².